The lowest BCUT2D eigenvalue weighted by Crippen LogP contribution is -2.10. The van der Waals surface area contributed by atoms with Gasteiger partial charge in [-0.05, 0) is 34.1 Å². The summed E-state index contributed by atoms with van der Waals surface area (Å²) in [7, 11) is 2.46. The number of methoxy groups -OCH3 is 2. The highest BCUT2D eigenvalue weighted by atomic mass is 79.9. The van der Waals surface area contributed by atoms with Crippen LogP contribution in [0.1, 0.15) is 0 Å². The number of ether oxygens (including phenoxy) is 3. The molecule has 1 heterocycles. The summed E-state index contributed by atoms with van der Waals surface area (Å²) in [6, 6.07) is 4.42. The van der Waals surface area contributed by atoms with Gasteiger partial charge >= 0.3 is 6.16 Å². The van der Waals surface area contributed by atoms with E-state index < -0.39 is 12.0 Å². The van der Waals surface area contributed by atoms with Gasteiger partial charge in [0.2, 0.25) is 5.88 Å². The Morgan fingerprint density at radius 3 is 2.70 bits per heavy atom. The quantitative estimate of drug-likeness (QED) is 0.776. The van der Waals surface area contributed by atoms with Gasteiger partial charge in [0.15, 0.2) is 11.6 Å². The first-order valence-corrected chi connectivity index (χ1v) is 7.30. The number of nitrogen functional groups attached to an aromatic ring is 1. The van der Waals surface area contributed by atoms with Crippen molar-refractivity contribution in [3.05, 3.63) is 33.5 Å². The summed E-state index contributed by atoms with van der Waals surface area (Å²) in [6.07, 6.45) is -1.02. The van der Waals surface area contributed by atoms with Crippen LogP contribution in [-0.2, 0) is 4.74 Å². The van der Waals surface area contributed by atoms with E-state index >= 15 is 0 Å². The second-order valence-electron chi connectivity index (χ2n) is 4.21. The van der Waals surface area contributed by atoms with Gasteiger partial charge in [0.25, 0.3) is 0 Å². The minimum Gasteiger partial charge on any atom is -0.492 e. The SMILES string of the molecule is COC(=O)Oc1nc(-c2ccc(Br)c(OC)c2F)cc(N)c1Cl. The van der Waals surface area contributed by atoms with Gasteiger partial charge in [-0.15, -0.1) is 0 Å². The molecule has 23 heavy (non-hydrogen) atoms. The topological polar surface area (TPSA) is 83.7 Å². The van der Waals surface area contributed by atoms with Gasteiger partial charge < -0.3 is 19.9 Å². The number of aromatic nitrogens is 1. The lowest BCUT2D eigenvalue weighted by atomic mass is 10.1. The first kappa shape index (κ1) is 17.3. The molecule has 0 atom stereocenters. The Balaban J connectivity index is 2.59. The zero-order valence-corrected chi connectivity index (χ0v) is 14.4. The van der Waals surface area contributed by atoms with Gasteiger partial charge in [0.1, 0.15) is 5.02 Å². The maximum Gasteiger partial charge on any atom is 0.514 e. The molecule has 2 N–H and O–H groups in total. The molecule has 0 saturated heterocycles. The van der Waals surface area contributed by atoms with Crippen LogP contribution >= 0.6 is 27.5 Å². The summed E-state index contributed by atoms with van der Waals surface area (Å²) < 4.78 is 29.1. The maximum atomic E-state index is 14.5. The average molecular weight is 406 g/mol. The van der Waals surface area contributed by atoms with E-state index in [9.17, 15) is 9.18 Å². The molecule has 0 amide bonds. The van der Waals surface area contributed by atoms with Gasteiger partial charge in [-0.1, -0.05) is 11.6 Å². The van der Waals surface area contributed by atoms with E-state index in [-0.39, 0.29) is 33.6 Å². The molecular weight excluding hydrogens is 395 g/mol. The van der Waals surface area contributed by atoms with Crippen molar-refractivity contribution < 1.29 is 23.4 Å². The largest absolute Gasteiger partial charge is 0.514 e. The Kier molecular flexibility index (Phi) is 5.27. The Hall–Kier alpha value is -2.06. The summed E-state index contributed by atoms with van der Waals surface area (Å²) in [4.78, 5) is 15.2. The second-order valence-corrected chi connectivity index (χ2v) is 5.45. The molecule has 122 valence electrons. The number of hydrogen-bond acceptors (Lipinski definition) is 6. The molecule has 0 unspecified atom stereocenters. The fraction of sp³-hybridized carbons (Fsp3) is 0.143. The van der Waals surface area contributed by atoms with Crippen molar-refractivity contribution >= 4 is 39.4 Å². The van der Waals surface area contributed by atoms with Crippen molar-refractivity contribution in [3.8, 4) is 22.9 Å². The molecule has 0 fully saturated rings. The third-order valence-electron chi connectivity index (χ3n) is 2.83. The highest BCUT2D eigenvalue weighted by molar-refractivity contribution is 9.10. The number of anilines is 1. The van der Waals surface area contributed by atoms with Crippen LogP contribution in [0.4, 0.5) is 14.9 Å². The van der Waals surface area contributed by atoms with E-state index in [1.54, 1.807) is 6.07 Å². The normalized spacial score (nSPS) is 10.3. The highest BCUT2D eigenvalue weighted by Gasteiger charge is 2.19. The van der Waals surface area contributed by atoms with Crippen LogP contribution in [0.15, 0.2) is 22.7 Å². The van der Waals surface area contributed by atoms with Crippen LogP contribution in [0.2, 0.25) is 5.02 Å². The van der Waals surface area contributed by atoms with E-state index in [0.717, 1.165) is 7.11 Å². The summed E-state index contributed by atoms with van der Waals surface area (Å²) in [5, 5.41) is -0.0800. The summed E-state index contributed by atoms with van der Waals surface area (Å²) in [6.45, 7) is 0. The Morgan fingerprint density at radius 1 is 1.39 bits per heavy atom. The van der Waals surface area contributed by atoms with Crippen LogP contribution in [-0.4, -0.2) is 25.4 Å². The Bertz CT molecular complexity index is 773. The molecule has 1 aromatic heterocycles. The molecule has 0 saturated carbocycles. The molecule has 0 aliphatic rings. The van der Waals surface area contributed by atoms with Crippen molar-refractivity contribution in [1.82, 2.24) is 4.98 Å². The third kappa shape index (κ3) is 3.48. The molecule has 6 nitrogen and oxygen atoms in total. The number of nitrogens with zero attached hydrogens (tertiary/aromatic N) is 1. The molecule has 9 heteroatoms. The minimum absolute atomic E-state index is 0.00765. The molecule has 0 aliphatic heterocycles. The lowest BCUT2D eigenvalue weighted by molar-refractivity contribution is 0.120. The molecule has 0 bridgehead atoms. The number of halogens is 3. The van der Waals surface area contributed by atoms with Crippen LogP contribution in [0.25, 0.3) is 11.3 Å². The Morgan fingerprint density at radius 2 is 2.09 bits per heavy atom. The minimum atomic E-state index is -1.02. The number of nitrogens with two attached hydrogens (primary N) is 1. The van der Waals surface area contributed by atoms with Gasteiger partial charge in [-0.25, -0.2) is 14.2 Å². The molecule has 0 aliphatic carbocycles. The summed E-state index contributed by atoms with van der Waals surface area (Å²) in [5.74, 6) is -0.928. The number of pyridine rings is 1. The summed E-state index contributed by atoms with van der Waals surface area (Å²) in [5.41, 5.74) is 6.05. The van der Waals surface area contributed by atoms with E-state index in [4.69, 9.17) is 26.8 Å². The first-order valence-electron chi connectivity index (χ1n) is 6.13. The third-order valence-corrected chi connectivity index (χ3v) is 3.84. The number of carbonyl (C=O) groups is 1. The van der Waals surface area contributed by atoms with E-state index in [1.165, 1.54) is 19.2 Å². The predicted molar refractivity (Wildman–Crippen MR) is 86.3 cm³/mol. The van der Waals surface area contributed by atoms with Crippen LogP contribution < -0.4 is 15.2 Å². The monoisotopic (exact) mass is 404 g/mol. The van der Waals surface area contributed by atoms with Gasteiger partial charge in [-0.2, -0.15) is 0 Å². The van der Waals surface area contributed by atoms with E-state index in [0.29, 0.717) is 4.47 Å². The molecule has 1 aromatic carbocycles. The van der Waals surface area contributed by atoms with Crippen molar-refractivity contribution in [2.24, 2.45) is 0 Å². The molecule has 2 aromatic rings. The van der Waals surface area contributed by atoms with E-state index in [1.807, 2.05) is 0 Å². The summed E-state index contributed by atoms with van der Waals surface area (Å²) >= 11 is 9.11. The van der Waals surface area contributed by atoms with Gasteiger partial charge in [-0.3, -0.25) is 0 Å². The smallest absolute Gasteiger partial charge is 0.492 e. The predicted octanol–water partition coefficient (Wildman–Crippen LogP) is 4.04. The van der Waals surface area contributed by atoms with Crippen molar-refractivity contribution in [1.29, 1.82) is 0 Å². The van der Waals surface area contributed by atoms with Crippen molar-refractivity contribution in [2.45, 2.75) is 0 Å². The van der Waals surface area contributed by atoms with Gasteiger partial charge in [0.05, 0.1) is 30.1 Å². The second kappa shape index (κ2) is 7.01. The van der Waals surface area contributed by atoms with Gasteiger partial charge in [0, 0.05) is 5.56 Å². The first-order chi connectivity index (χ1) is 10.9. The maximum absolute atomic E-state index is 14.5. The molecule has 0 spiro atoms. The number of rotatable bonds is 3. The molecule has 2 rings (SSSR count). The number of benzene rings is 1. The Labute approximate surface area is 144 Å². The molecule has 0 radical (unpaired) electrons. The lowest BCUT2D eigenvalue weighted by Gasteiger charge is -2.12. The average Bonchev–Trinajstić information content (AvgIpc) is 2.52. The fourth-order valence-corrected chi connectivity index (χ4v) is 2.37. The highest BCUT2D eigenvalue weighted by Crippen LogP contribution is 2.38. The van der Waals surface area contributed by atoms with Crippen molar-refractivity contribution in [3.63, 3.8) is 0 Å². The van der Waals surface area contributed by atoms with Crippen molar-refractivity contribution in [2.75, 3.05) is 20.0 Å². The van der Waals surface area contributed by atoms with Crippen LogP contribution in [0.3, 0.4) is 0 Å². The number of hydrogen-bond donors (Lipinski definition) is 1. The standard InChI is InChI=1S/C14H11BrClFN2O4/c1-21-12-7(15)4-3-6(11(12)17)9-5-8(18)10(16)13(19-9)23-14(20)22-2/h3-5H,1-2H3,(H2,18,19). The zero-order valence-electron chi connectivity index (χ0n) is 12.0. The number of carbonyl (C=O) groups excluding carboxylic acids is 1. The van der Waals surface area contributed by atoms with Crippen LogP contribution in [0.5, 0.6) is 11.6 Å². The molecular formula is C14H11BrClFN2O4. The zero-order chi connectivity index (χ0) is 17.1. The van der Waals surface area contributed by atoms with E-state index in [2.05, 4.69) is 25.7 Å². The fourth-order valence-electron chi connectivity index (χ4n) is 1.77. The van der Waals surface area contributed by atoms with Crippen LogP contribution in [0, 0.1) is 5.82 Å².